The van der Waals surface area contributed by atoms with E-state index in [0.717, 1.165) is 19.8 Å². The van der Waals surface area contributed by atoms with Crippen molar-refractivity contribution in [3.05, 3.63) is 63.3 Å². The lowest BCUT2D eigenvalue weighted by atomic mass is 10.2. The zero-order valence-electron chi connectivity index (χ0n) is 8.90. The number of aromatic nitrogens is 1. The third kappa shape index (κ3) is 1.85. The van der Waals surface area contributed by atoms with Crippen LogP contribution in [0.5, 0.6) is 0 Å². The van der Waals surface area contributed by atoms with Crippen molar-refractivity contribution < 1.29 is 0 Å². The van der Waals surface area contributed by atoms with Crippen molar-refractivity contribution in [1.29, 1.82) is 0 Å². The van der Waals surface area contributed by atoms with Crippen molar-refractivity contribution in [3.8, 4) is 5.69 Å². The molecule has 0 N–H and O–H groups in total. The van der Waals surface area contributed by atoms with Crippen LogP contribution in [0, 0.1) is 3.57 Å². The van der Waals surface area contributed by atoms with Gasteiger partial charge in [-0.1, -0.05) is 35.9 Å². The van der Waals surface area contributed by atoms with Gasteiger partial charge < -0.3 is 4.57 Å². The molecule has 2 aromatic carbocycles. The second kappa shape index (κ2) is 4.35. The van der Waals surface area contributed by atoms with Crippen LogP contribution in [0.15, 0.2) is 54.7 Å². The fourth-order valence-electron chi connectivity index (χ4n) is 1.97. The first-order valence-corrected chi connectivity index (χ1v) is 6.73. The van der Waals surface area contributed by atoms with Crippen LogP contribution in [-0.4, -0.2) is 4.57 Å². The molecule has 0 aliphatic rings. The molecule has 0 bridgehead atoms. The molecule has 0 spiro atoms. The number of nitrogens with zero attached hydrogens (tertiary/aromatic N) is 1. The number of halogens is 2. The van der Waals surface area contributed by atoms with Crippen molar-refractivity contribution in [1.82, 2.24) is 4.57 Å². The number of para-hydroxylation sites is 1. The number of rotatable bonds is 1. The van der Waals surface area contributed by atoms with Crippen LogP contribution in [0.2, 0.25) is 5.02 Å². The molecular weight excluding hydrogens is 345 g/mol. The molecule has 84 valence electrons. The van der Waals surface area contributed by atoms with Crippen LogP contribution in [-0.2, 0) is 0 Å². The minimum absolute atomic E-state index is 0.817. The topological polar surface area (TPSA) is 4.93 Å². The van der Waals surface area contributed by atoms with E-state index in [0.29, 0.717) is 0 Å². The molecule has 0 saturated carbocycles. The first-order chi connectivity index (χ1) is 8.27. The van der Waals surface area contributed by atoms with E-state index in [9.17, 15) is 0 Å². The zero-order chi connectivity index (χ0) is 11.8. The number of benzene rings is 2. The minimum Gasteiger partial charge on any atom is -0.315 e. The molecule has 0 saturated heterocycles. The summed E-state index contributed by atoms with van der Waals surface area (Å²) in [4.78, 5) is 0. The van der Waals surface area contributed by atoms with Crippen molar-refractivity contribution in [3.63, 3.8) is 0 Å². The van der Waals surface area contributed by atoms with Gasteiger partial charge in [0.1, 0.15) is 0 Å². The van der Waals surface area contributed by atoms with Crippen LogP contribution >= 0.6 is 34.2 Å². The highest BCUT2D eigenvalue weighted by Crippen LogP contribution is 2.31. The summed E-state index contributed by atoms with van der Waals surface area (Å²) >= 11 is 8.65. The van der Waals surface area contributed by atoms with Gasteiger partial charge in [-0.25, -0.2) is 0 Å². The molecule has 0 fully saturated rings. The SMILES string of the molecule is Clc1c(I)ccc2ccn(-c3ccccc3)c12. The monoisotopic (exact) mass is 353 g/mol. The van der Waals surface area contributed by atoms with Gasteiger partial charge >= 0.3 is 0 Å². The van der Waals surface area contributed by atoms with Crippen molar-refractivity contribution in [2.75, 3.05) is 0 Å². The Balaban J connectivity index is 2.35. The summed E-state index contributed by atoms with van der Waals surface area (Å²) in [5.41, 5.74) is 2.20. The average molecular weight is 354 g/mol. The van der Waals surface area contributed by atoms with E-state index in [1.165, 1.54) is 5.39 Å². The molecule has 1 nitrogen and oxygen atoms in total. The maximum atomic E-state index is 6.39. The lowest BCUT2D eigenvalue weighted by Crippen LogP contribution is -1.92. The van der Waals surface area contributed by atoms with E-state index >= 15 is 0 Å². The smallest absolute Gasteiger partial charge is 0.0785 e. The third-order valence-corrected chi connectivity index (χ3v) is 4.38. The quantitative estimate of drug-likeness (QED) is 0.549. The van der Waals surface area contributed by atoms with Gasteiger partial charge in [-0.05, 0) is 46.9 Å². The maximum absolute atomic E-state index is 6.39. The standard InChI is InChI=1S/C14H9ClIN/c15-13-12(16)7-6-10-8-9-17(14(10)13)11-4-2-1-3-5-11/h1-9H. The molecule has 3 rings (SSSR count). The Morgan fingerprint density at radius 2 is 1.71 bits per heavy atom. The van der Waals surface area contributed by atoms with Crippen LogP contribution in [0.3, 0.4) is 0 Å². The Kier molecular flexibility index (Phi) is 2.84. The zero-order valence-corrected chi connectivity index (χ0v) is 11.8. The molecule has 17 heavy (non-hydrogen) atoms. The second-order valence-electron chi connectivity index (χ2n) is 3.82. The summed E-state index contributed by atoms with van der Waals surface area (Å²) in [6, 6.07) is 16.5. The van der Waals surface area contributed by atoms with Gasteiger partial charge in [-0.15, -0.1) is 0 Å². The lowest BCUT2D eigenvalue weighted by molar-refractivity contribution is 1.13. The summed E-state index contributed by atoms with van der Waals surface area (Å²) < 4.78 is 3.20. The van der Waals surface area contributed by atoms with Gasteiger partial charge in [0.15, 0.2) is 0 Å². The van der Waals surface area contributed by atoms with Crippen LogP contribution < -0.4 is 0 Å². The lowest BCUT2D eigenvalue weighted by Gasteiger charge is -2.07. The Morgan fingerprint density at radius 3 is 2.47 bits per heavy atom. The molecular formula is C14H9ClIN. The summed E-state index contributed by atoms with van der Waals surface area (Å²) in [5, 5.41) is 1.98. The predicted molar refractivity (Wildman–Crippen MR) is 81.0 cm³/mol. The number of fused-ring (bicyclic) bond motifs is 1. The molecule has 1 heterocycles. The molecule has 0 atom stereocenters. The largest absolute Gasteiger partial charge is 0.315 e. The molecule has 0 amide bonds. The summed E-state index contributed by atoms with van der Waals surface area (Å²) in [6.07, 6.45) is 2.06. The van der Waals surface area contributed by atoms with Gasteiger partial charge in [0.05, 0.1) is 10.5 Å². The van der Waals surface area contributed by atoms with Gasteiger partial charge in [0, 0.05) is 20.8 Å². The molecule has 3 aromatic rings. The van der Waals surface area contributed by atoms with E-state index in [4.69, 9.17) is 11.6 Å². The van der Waals surface area contributed by atoms with E-state index in [1.807, 2.05) is 24.3 Å². The Bertz CT molecular complexity index is 673. The summed E-state index contributed by atoms with van der Waals surface area (Å²) in [6.45, 7) is 0. The molecule has 0 unspecified atom stereocenters. The fourth-order valence-corrected chi connectivity index (χ4v) is 2.67. The highest BCUT2D eigenvalue weighted by atomic mass is 127. The van der Waals surface area contributed by atoms with Crippen molar-refractivity contribution in [2.45, 2.75) is 0 Å². The fraction of sp³-hybridized carbons (Fsp3) is 0. The van der Waals surface area contributed by atoms with E-state index < -0.39 is 0 Å². The van der Waals surface area contributed by atoms with Gasteiger partial charge in [-0.2, -0.15) is 0 Å². The number of hydrogen-bond donors (Lipinski definition) is 0. The maximum Gasteiger partial charge on any atom is 0.0785 e. The Morgan fingerprint density at radius 1 is 0.941 bits per heavy atom. The molecule has 1 aromatic heterocycles. The third-order valence-electron chi connectivity index (χ3n) is 2.78. The average Bonchev–Trinajstić information content (AvgIpc) is 2.79. The van der Waals surface area contributed by atoms with Gasteiger partial charge in [-0.3, -0.25) is 0 Å². The van der Waals surface area contributed by atoms with Crippen molar-refractivity contribution in [2.24, 2.45) is 0 Å². The first kappa shape index (κ1) is 11.1. The van der Waals surface area contributed by atoms with Crippen LogP contribution in [0.25, 0.3) is 16.6 Å². The predicted octanol–water partition coefficient (Wildman–Crippen LogP) is 4.89. The van der Waals surface area contributed by atoms with Gasteiger partial charge in [0.25, 0.3) is 0 Å². The summed E-state index contributed by atoms with van der Waals surface area (Å²) in [5.74, 6) is 0. The second-order valence-corrected chi connectivity index (χ2v) is 5.36. The normalized spacial score (nSPS) is 10.9. The number of hydrogen-bond acceptors (Lipinski definition) is 0. The van der Waals surface area contributed by atoms with E-state index in [-0.39, 0.29) is 0 Å². The highest BCUT2D eigenvalue weighted by molar-refractivity contribution is 14.1. The highest BCUT2D eigenvalue weighted by Gasteiger charge is 2.09. The molecule has 0 aliphatic carbocycles. The van der Waals surface area contributed by atoms with Crippen LogP contribution in [0.1, 0.15) is 0 Å². The Labute approximate surface area is 118 Å². The molecule has 0 radical (unpaired) electrons. The first-order valence-electron chi connectivity index (χ1n) is 5.28. The van der Waals surface area contributed by atoms with Crippen LogP contribution in [0.4, 0.5) is 0 Å². The van der Waals surface area contributed by atoms with E-state index in [1.54, 1.807) is 0 Å². The Hall–Kier alpha value is -1.00. The molecule has 3 heteroatoms. The van der Waals surface area contributed by atoms with E-state index in [2.05, 4.69) is 57.6 Å². The van der Waals surface area contributed by atoms with Gasteiger partial charge in [0.2, 0.25) is 0 Å². The minimum atomic E-state index is 0.817. The van der Waals surface area contributed by atoms with Crippen molar-refractivity contribution >= 4 is 45.1 Å². The summed E-state index contributed by atoms with van der Waals surface area (Å²) in [7, 11) is 0. The molecule has 0 aliphatic heterocycles.